The minimum absolute atomic E-state index is 0.0684. The van der Waals surface area contributed by atoms with E-state index in [0.29, 0.717) is 29.3 Å². The minimum Gasteiger partial charge on any atom is -0.352 e. The van der Waals surface area contributed by atoms with Gasteiger partial charge in [0.25, 0.3) is 5.91 Å². The second kappa shape index (κ2) is 11.0. The van der Waals surface area contributed by atoms with Crippen molar-refractivity contribution in [3.63, 3.8) is 0 Å². The monoisotopic (exact) mass is 435 g/mol. The number of ketones is 1. The molecule has 5 nitrogen and oxygen atoms in total. The predicted octanol–water partition coefficient (Wildman–Crippen LogP) is 5.50. The number of nitrogens with one attached hydrogen (secondary N) is 1. The Labute approximate surface area is 188 Å². The average molecular weight is 436 g/mol. The molecule has 0 unspecified atom stereocenters. The lowest BCUT2D eigenvalue weighted by molar-refractivity contribution is 0.0952. The van der Waals surface area contributed by atoms with Crippen molar-refractivity contribution in [2.45, 2.75) is 44.7 Å². The van der Waals surface area contributed by atoms with Gasteiger partial charge in [0.15, 0.2) is 10.9 Å². The number of hydrogen-bond donors (Lipinski definition) is 1. The summed E-state index contributed by atoms with van der Waals surface area (Å²) in [5, 5.41) is 3.66. The van der Waals surface area contributed by atoms with Gasteiger partial charge < -0.3 is 5.32 Å². The van der Waals surface area contributed by atoms with Crippen LogP contribution >= 0.6 is 11.8 Å². The van der Waals surface area contributed by atoms with Crippen molar-refractivity contribution in [3.8, 4) is 5.69 Å². The Balaban J connectivity index is 1.67. The first-order valence-corrected chi connectivity index (χ1v) is 11.7. The van der Waals surface area contributed by atoms with Crippen molar-refractivity contribution in [1.82, 2.24) is 14.9 Å². The van der Waals surface area contributed by atoms with Crippen molar-refractivity contribution in [2.24, 2.45) is 0 Å². The van der Waals surface area contributed by atoms with Gasteiger partial charge >= 0.3 is 0 Å². The number of nitrogens with zero attached hydrogens (tertiary/aromatic N) is 2. The number of carbonyl (C=O) groups is 2. The molecule has 6 heteroatoms. The Morgan fingerprint density at radius 3 is 2.58 bits per heavy atom. The van der Waals surface area contributed by atoms with E-state index in [2.05, 4.69) is 31.1 Å². The summed E-state index contributed by atoms with van der Waals surface area (Å²) < 4.78 is 1.91. The van der Waals surface area contributed by atoms with Crippen molar-refractivity contribution in [3.05, 3.63) is 77.6 Å². The van der Waals surface area contributed by atoms with Gasteiger partial charge in [0.05, 0.1) is 5.75 Å². The number of rotatable bonds is 10. The molecule has 1 amide bonds. The van der Waals surface area contributed by atoms with Crippen LogP contribution in [0.3, 0.4) is 0 Å². The van der Waals surface area contributed by atoms with Gasteiger partial charge in [0.2, 0.25) is 0 Å². The van der Waals surface area contributed by atoms with Crippen molar-refractivity contribution in [2.75, 3.05) is 12.3 Å². The molecule has 31 heavy (non-hydrogen) atoms. The van der Waals surface area contributed by atoms with Gasteiger partial charge in [-0.1, -0.05) is 69.3 Å². The van der Waals surface area contributed by atoms with Crippen LogP contribution in [0.5, 0.6) is 0 Å². The third-order valence-corrected chi connectivity index (χ3v) is 6.01. The fourth-order valence-electron chi connectivity index (χ4n) is 3.14. The standard InChI is InChI=1S/C25H29N3O2S/c1-4-5-13-26-24(30)21-7-6-8-22(16-21)28-15-14-27-25(28)31-17-23(29)20-11-9-19(10-12-20)18(2)3/h6-12,14-16,18H,4-5,13,17H2,1-3H3,(H,26,30). The minimum atomic E-state index is -0.0790. The quantitative estimate of drug-likeness (QED) is 0.259. The Kier molecular flexibility index (Phi) is 8.06. The van der Waals surface area contributed by atoms with Gasteiger partial charge in [-0.15, -0.1) is 0 Å². The zero-order valence-corrected chi connectivity index (χ0v) is 19.1. The highest BCUT2D eigenvalue weighted by molar-refractivity contribution is 7.99. The van der Waals surface area contributed by atoms with Crippen LogP contribution in [-0.2, 0) is 0 Å². The summed E-state index contributed by atoms with van der Waals surface area (Å²) in [4.78, 5) is 29.4. The van der Waals surface area contributed by atoms with E-state index in [1.165, 1.54) is 17.3 Å². The number of benzene rings is 2. The van der Waals surface area contributed by atoms with Gasteiger partial charge in [0, 0.05) is 35.8 Å². The van der Waals surface area contributed by atoms with Gasteiger partial charge in [0.1, 0.15) is 0 Å². The largest absolute Gasteiger partial charge is 0.352 e. The summed E-state index contributed by atoms with van der Waals surface area (Å²) >= 11 is 1.39. The molecular formula is C25H29N3O2S. The molecule has 1 heterocycles. The molecule has 0 spiro atoms. The van der Waals surface area contributed by atoms with Crippen LogP contribution < -0.4 is 5.32 Å². The summed E-state index contributed by atoms with van der Waals surface area (Å²) in [7, 11) is 0. The highest BCUT2D eigenvalue weighted by atomic mass is 32.2. The van der Waals surface area contributed by atoms with Gasteiger partial charge in [-0.3, -0.25) is 14.2 Å². The van der Waals surface area contributed by atoms with Crippen molar-refractivity contribution >= 4 is 23.5 Å². The van der Waals surface area contributed by atoms with Gasteiger partial charge in [-0.05, 0) is 36.1 Å². The number of thioether (sulfide) groups is 1. The molecule has 0 bridgehead atoms. The van der Waals surface area contributed by atoms with Crippen molar-refractivity contribution < 1.29 is 9.59 Å². The number of hydrogen-bond acceptors (Lipinski definition) is 4. The van der Waals surface area contributed by atoms with E-state index in [4.69, 9.17) is 0 Å². The molecule has 162 valence electrons. The van der Waals surface area contributed by atoms with Crippen molar-refractivity contribution in [1.29, 1.82) is 0 Å². The molecule has 0 saturated carbocycles. The normalized spacial score (nSPS) is 11.0. The lowest BCUT2D eigenvalue weighted by atomic mass is 10.0. The first kappa shape index (κ1) is 22.8. The number of unbranched alkanes of at least 4 members (excludes halogenated alkanes) is 1. The Bertz CT molecular complexity index is 1030. The molecule has 0 aliphatic heterocycles. The average Bonchev–Trinajstić information content (AvgIpc) is 3.26. The summed E-state index contributed by atoms with van der Waals surface area (Å²) in [6.45, 7) is 7.04. The molecule has 1 aromatic heterocycles. The second-order valence-corrected chi connectivity index (χ2v) is 8.67. The van der Waals surface area contributed by atoms with Crippen LogP contribution in [0.2, 0.25) is 0 Å². The number of amides is 1. The zero-order chi connectivity index (χ0) is 22.2. The fraction of sp³-hybridized carbons (Fsp3) is 0.320. The maximum Gasteiger partial charge on any atom is 0.251 e. The number of Topliss-reactive ketones (excluding diaryl/α,β-unsaturated/α-hetero) is 1. The van der Waals surface area contributed by atoms with E-state index in [9.17, 15) is 9.59 Å². The molecule has 2 aromatic carbocycles. The lowest BCUT2D eigenvalue weighted by Crippen LogP contribution is -2.24. The van der Waals surface area contributed by atoms with Gasteiger partial charge in [-0.2, -0.15) is 0 Å². The first-order valence-electron chi connectivity index (χ1n) is 10.7. The third-order valence-electron chi connectivity index (χ3n) is 5.04. The van der Waals surface area contributed by atoms with E-state index in [1.807, 2.05) is 53.2 Å². The molecule has 0 atom stereocenters. The molecule has 3 rings (SSSR count). The lowest BCUT2D eigenvalue weighted by Gasteiger charge is -2.10. The van der Waals surface area contributed by atoms with Crippen LogP contribution in [-0.4, -0.2) is 33.5 Å². The zero-order valence-electron chi connectivity index (χ0n) is 18.3. The second-order valence-electron chi connectivity index (χ2n) is 7.73. The van der Waals surface area contributed by atoms with Crippen LogP contribution in [0.1, 0.15) is 65.8 Å². The Hall–Kier alpha value is -2.86. The maximum absolute atomic E-state index is 12.6. The summed E-state index contributed by atoms with van der Waals surface area (Å²) in [5.41, 5.74) is 3.38. The number of aromatic nitrogens is 2. The number of imidazole rings is 1. The summed E-state index contributed by atoms with van der Waals surface area (Å²) in [6, 6.07) is 15.3. The summed E-state index contributed by atoms with van der Waals surface area (Å²) in [6.07, 6.45) is 5.55. The molecule has 1 N–H and O–H groups in total. The van der Waals surface area contributed by atoms with E-state index in [0.717, 1.165) is 23.7 Å². The van der Waals surface area contributed by atoms with Crippen LogP contribution in [0.15, 0.2) is 66.1 Å². The highest BCUT2D eigenvalue weighted by Gasteiger charge is 2.13. The SMILES string of the molecule is CCCCNC(=O)c1cccc(-n2ccnc2SCC(=O)c2ccc(C(C)C)cc2)c1. The third kappa shape index (κ3) is 6.07. The maximum atomic E-state index is 12.6. The Morgan fingerprint density at radius 1 is 1.10 bits per heavy atom. The van der Waals surface area contributed by atoms with Crippen LogP contribution in [0.4, 0.5) is 0 Å². The molecule has 0 saturated heterocycles. The van der Waals surface area contributed by atoms with Crippen LogP contribution in [0, 0.1) is 0 Å². The van der Waals surface area contributed by atoms with Gasteiger partial charge in [-0.25, -0.2) is 4.98 Å². The fourth-order valence-corrected chi connectivity index (χ4v) is 4.01. The number of carbonyl (C=O) groups excluding carboxylic acids is 2. The van der Waals surface area contributed by atoms with E-state index in [1.54, 1.807) is 12.3 Å². The summed E-state index contributed by atoms with van der Waals surface area (Å²) in [5.74, 6) is 0.730. The molecule has 3 aromatic rings. The van der Waals surface area contributed by atoms with E-state index >= 15 is 0 Å². The topological polar surface area (TPSA) is 64.0 Å². The first-order chi connectivity index (χ1) is 15.0. The molecule has 0 radical (unpaired) electrons. The Morgan fingerprint density at radius 2 is 1.87 bits per heavy atom. The van der Waals surface area contributed by atoms with E-state index in [-0.39, 0.29) is 11.7 Å². The van der Waals surface area contributed by atoms with E-state index < -0.39 is 0 Å². The van der Waals surface area contributed by atoms with Crippen LogP contribution in [0.25, 0.3) is 5.69 Å². The molecule has 0 aliphatic rings. The predicted molar refractivity (Wildman–Crippen MR) is 126 cm³/mol. The molecular weight excluding hydrogens is 406 g/mol. The molecule has 0 aliphatic carbocycles. The smallest absolute Gasteiger partial charge is 0.251 e. The highest BCUT2D eigenvalue weighted by Crippen LogP contribution is 2.23. The molecule has 0 fully saturated rings.